The Bertz CT molecular complexity index is 868. The Balaban J connectivity index is 1.62. The third-order valence-corrected chi connectivity index (χ3v) is 7.54. The van der Waals surface area contributed by atoms with Gasteiger partial charge in [-0.2, -0.15) is 0 Å². The molecule has 0 heteroatoms. The first-order valence-electron chi connectivity index (χ1n) is 12.5. The standard InChI is InChI=1S/C30H40/c1-4-14-30(15-9-7-5-6-8-10-16-30)22-25-20-26-12-11-13-28(29(26)21-25)27-18-23(2)17-24(3)19-27/h11-13,17-19,21H,4-10,14-16,20,22H2,1-3H3. The van der Waals surface area contributed by atoms with Crippen LogP contribution in [-0.4, -0.2) is 0 Å². The van der Waals surface area contributed by atoms with E-state index in [0.717, 1.165) is 0 Å². The summed E-state index contributed by atoms with van der Waals surface area (Å²) in [6.45, 7) is 6.82. The monoisotopic (exact) mass is 400 g/mol. The van der Waals surface area contributed by atoms with E-state index >= 15 is 0 Å². The fourth-order valence-electron chi connectivity index (χ4n) is 6.29. The van der Waals surface area contributed by atoms with Crippen molar-refractivity contribution in [1.82, 2.24) is 0 Å². The summed E-state index contributed by atoms with van der Waals surface area (Å²) in [4.78, 5) is 0. The zero-order chi connectivity index (χ0) is 21.0. The summed E-state index contributed by atoms with van der Waals surface area (Å²) in [5.74, 6) is 0. The molecule has 2 aromatic carbocycles. The molecule has 2 aliphatic carbocycles. The maximum Gasteiger partial charge on any atom is -0.00574 e. The summed E-state index contributed by atoms with van der Waals surface area (Å²) in [7, 11) is 0. The van der Waals surface area contributed by atoms with E-state index in [0.29, 0.717) is 5.41 Å². The van der Waals surface area contributed by atoms with Gasteiger partial charge < -0.3 is 0 Å². The highest BCUT2D eigenvalue weighted by Crippen LogP contribution is 2.46. The molecule has 2 aliphatic rings. The zero-order valence-corrected chi connectivity index (χ0v) is 19.5. The van der Waals surface area contributed by atoms with Gasteiger partial charge in [-0.3, -0.25) is 0 Å². The Morgan fingerprint density at radius 3 is 2.17 bits per heavy atom. The molecule has 0 spiro atoms. The number of fused-ring (bicyclic) bond motifs is 1. The minimum atomic E-state index is 0.549. The molecule has 0 heterocycles. The minimum absolute atomic E-state index is 0.549. The average molecular weight is 401 g/mol. The second-order valence-electron chi connectivity index (χ2n) is 10.3. The average Bonchev–Trinajstić information content (AvgIpc) is 3.15. The van der Waals surface area contributed by atoms with Crippen molar-refractivity contribution in [2.75, 3.05) is 0 Å². The molecule has 0 aromatic heterocycles. The fourth-order valence-corrected chi connectivity index (χ4v) is 6.29. The van der Waals surface area contributed by atoms with E-state index in [9.17, 15) is 0 Å². The molecule has 0 radical (unpaired) electrons. The van der Waals surface area contributed by atoms with Crippen LogP contribution >= 0.6 is 0 Å². The van der Waals surface area contributed by atoms with Gasteiger partial charge in [0.25, 0.3) is 0 Å². The van der Waals surface area contributed by atoms with Crippen LogP contribution in [-0.2, 0) is 6.42 Å². The Kier molecular flexibility index (Phi) is 6.81. The predicted molar refractivity (Wildman–Crippen MR) is 132 cm³/mol. The van der Waals surface area contributed by atoms with Gasteiger partial charge in [0.15, 0.2) is 0 Å². The van der Waals surface area contributed by atoms with Gasteiger partial charge in [-0.25, -0.2) is 0 Å². The van der Waals surface area contributed by atoms with Gasteiger partial charge in [-0.05, 0) is 73.6 Å². The van der Waals surface area contributed by atoms with Crippen molar-refractivity contribution in [2.24, 2.45) is 5.41 Å². The molecule has 0 nitrogen and oxygen atoms in total. The Morgan fingerprint density at radius 1 is 0.833 bits per heavy atom. The van der Waals surface area contributed by atoms with E-state index in [1.807, 2.05) is 0 Å². The topological polar surface area (TPSA) is 0 Å². The van der Waals surface area contributed by atoms with E-state index in [1.54, 1.807) is 5.57 Å². The van der Waals surface area contributed by atoms with Gasteiger partial charge in [0.05, 0.1) is 0 Å². The smallest absolute Gasteiger partial charge is 0.00574 e. The number of aryl methyl sites for hydroxylation is 2. The molecule has 0 aliphatic heterocycles. The second-order valence-corrected chi connectivity index (χ2v) is 10.3. The third kappa shape index (κ3) is 4.90. The van der Waals surface area contributed by atoms with Crippen molar-refractivity contribution >= 4 is 6.08 Å². The highest BCUT2D eigenvalue weighted by molar-refractivity contribution is 5.81. The first-order chi connectivity index (χ1) is 14.6. The number of benzene rings is 2. The lowest BCUT2D eigenvalue weighted by Crippen LogP contribution is -2.22. The van der Waals surface area contributed by atoms with Gasteiger partial charge in [-0.15, -0.1) is 0 Å². The van der Waals surface area contributed by atoms with Crippen LogP contribution in [0.5, 0.6) is 0 Å². The number of allylic oxidation sites excluding steroid dienone is 1. The lowest BCUT2D eigenvalue weighted by molar-refractivity contribution is 0.203. The molecule has 0 saturated heterocycles. The molecular formula is C30H40. The Labute approximate surface area is 184 Å². The summed E-state index contributed by atoms with van der Waals surface area (Å²) in [6.07, 6.45) is 19.4. The van der Waals surface area contributed by atoms with Crippen molar-refractivity contribution < 1.29 is 0 Å². The van der Waals surface area contributed by atoms with Crippen molar-refractivity contribution in [3.8, 4) is 11.1 Å². The molecule has 1 fully saturated rings. The number of hydrogen-bond acceptors (Lipinski definition) is 0. The van der Waals surface area contributed by atoms with Gasteiger partial charge >= 0.3 is 0 Å². The van der Waals surface area contributed by atoms with Crippen molar-refractivity contribution in [2.45, 2.75) is 97.8 Å². The Morgan fingerprint density at radius 2 is 1.50 bits per heavy atom. The van der Waals surface area contributed by atoms with Crippen LogP contribution in [0, 0.1) is 19.3 Å². The molecule has 0 bridgehead atoms. The first kappa shape index (κ1) is 21.4. The molecule has 160 valence electrons. The van der Waals surface area contributed by atoms with Crippen molar-refractivity contribution in [3.63, 3.8) is 0 Å². The van der Waals surface area contributed by atoms with E-state index in [4.69, 9.17) is 0 Å². The molecule has 0 amide bonds. The summed E-state index contributed by atoms with van der Waals surface area (Å²) in [6, 6.07) is 13.9. The quantitative estimate of drug-likeness (QED) is 0.469. The molecule has 30 heavy (non-hydrogen) atoms. The zero-order valence-electron chi connectivity index (χ0n) is 19.5. The van der Waals surface area contributed by atoms with Crippen LogP contribution in [0.4, 0.5) is 0 Å². The highest BCUT2D eigenvalue weighted by atomic mass is 14.4. The van der Waals surface area contributed by atoms with E-state index in [1.165, 1.54) is 110 Å². The van der Waals surface area contributed by atoms with Gasteiger partial charge in [0.1, 0.15) is 0 Å². The summed E-state index contributed by atoms with van der Waals surface area (Å²) >= 11 is 0. The van der Waals surface area contributed by atoms with E-state index < -0.39 is 0 Å². The SMILES string of the molecule is CCCC1(CC2=Cc3c(cccc3-c3cc(C)cc(C)c3)C2)CCCCCCCC1. The van der Waals surface area contributed by atoms with Crippen molar-refractivity contribution in [1.29, 1.82) is 0 Å². The van der Waals surface area contributed by atoms with Crippen LogP contribution in [0.3, 0.4) is 0 Å². The minimum Gasteiger partial charge on any atom is -0.0654 e. The third-order valence-electron chi connectivity index (χ3n) is 7.54. The lowest BCUT2D eigenvalue weighted by Gasteiger charge is -2.34. The fraction of sp³-hybridized carbons (Fsp3) is 0.533. The molecule has 2 aromatic rings. The maximum absolute atomic E-state index is 2.58. The number of rotatable bonds is 5. The van der Waals surface area contributed by atoms with Crippen LogP contribution in [0.15, 0.2) is 42.0 Å². The largest absolute Gasteiger partial charge is 0.0654 e. The van der Waals surface area contributed by atoms with Gasteiger partial charge in [0.2, 0.25) is 0 Å². The second kappa shape index (κ2) is 9.54. The van der Waals surface area contributed by atoms with Gasteiger partial charge in [0, 0.05) is 0 Å². The predicted octanol–water partition coefficient (Wildman–Crippen LogP) is 9.22. The molecule has 0 atom stereocenters. The molecule has 4 rings (SSSR count). The van der Waals surface area contributed by atoms with E-state index in [-0.39, 0.29) is 0 Å². The highest BCUT2D eigenvalue weighted by Gasteiger charge is 2.31. The normalized spacial score (nSPS) is 18.8. The van der Waals surface area contributed by atoms with Crippen LogP contribution < -0.4 is 0 Å². The summed E-state index contributed by atoms with van der Waals surface area (Å²) in [5.41, 5.74) is 10.8. The summed E-state index contributed by atoms with van der Waals surface area (Å²) in [5, 5.41) is 0. The van der Waals surface area contributed by atoms with Gasteiger partial charge in [-0.1, -0.05) is 111 Å². The molecular weight excluding hydrogens is 360 g/mol. The number of hydrogen-bond donors (Lipinski definition) is 0. The van der Waals surface area contributed by atoms with Crippen LogP contribution in [0.2, 0.25) is 0 Å². The first-order valence-corrected chi connectivity index (χ1v) is 12.5. The lowest BCUT2D eigenvalue weighted by atomic mass is 9.70. The van der Waals surface area contributed by atoms with Crippen LogP contribution in [0.25, 0.3) is 17.2 Å². The van der Waals surface area contributed by atoms with Crippen LogP contribution in [0.1, 0.15) is 99.8 Å². The summed E-state index contributed by atoms with van der Waals surface area (Å²) < 4.78 is 0. The van der Waals surface area contributed by atoms with Crippen molar-refractivity contribution in [3.05, 3.63) is 64.2 Å². The molecule has 1 saturated carbocycles. The molecule has 0 unspecified atom stereocenters. The molecule has 0 N–H and O–H groups in total. The maximum atomic E-state index is 2.58. The Hall–Kier alpha value is -1.82. The van der Waals surface area contributed by atoms with E-state index in [2.05, 4.69) is 63.2 Å².